The van der Waals surface area contributed by atoms with Gasteiger partial charge in [0.1, 0.15) is 0 Å². The van der Waals surface area contributed by atoms with Crippen molar-refractivity contribution in [3.05, 3.63) is 40.5 Å². The molecule has 1 nitrogen and oxygen atoms in total. The maximum absolute atomic E-state index is 5.56. The van der Waals surface area contributed by atoms with Crippen LogP contribution in [-0.2, 0) is 13.0 Å². The molecule has 0 saturated heterocycles. The van der Waals surface area contributed by atoms with Crippen molar-refractivity contribution in [2.45, 2.75) is 19.9 Å². The fourth-order valence-electron chi connectivity index (χ4n) is 1.68. The van der Waals surface area contributed by atoms with Crippen molar-refractivity contribution in [1.29, 1.82) is 0 Å². The van der Waals surface area contributed by atoms with E-state index in [1.54, 1.807) is 0 Å². The van der Waals surface area contributed by atoms with E-state index in [-0.39, 0.29) is 0 Å². The normalized spacial score (nSPS) is 14.3. The smallest absolute Gasteiger partial charge is 0.0178 e. The Bertz CT molecular complexity index is 337. The van der Waals surface area contributed by atoms with E-state index in [0.29, 0.717) is 6.54 Å². The minimum Gasteiger partial charge on any atom is -0.326 e. The molecule has 62 valence electrons. The molecule has 0 heterocycles. The molecule has 0 aliphatic heterocycles. The van der Waals surface area contributed by atoms with Crippen LogP contribution in [0.3, 0.4) is 0 Å². The van der Waals surface area contributed by atoms with Crippen molar-refractivity contribution in [3.63, 3.8) is 0 Å². The second-order valence-corrected chi connectivity index (χ2v) is 3.40. The average Bonchev–Trinajstić information content (AvgIpc) is 2.43. The summed E-state index contributed by atoms with van der Waals surface area (Å²) in [6.45, 7) is 2.81. The summed E-state index contributed by atoms with van der Waals surface area (Å²) < 4.78 is 0. The van der Waals surface area contributed by atoms with E-state index in [2.05, 4.69) is 31.2 Å². The van der Waals surface area contributed by atoms with Crippen LogP contribution < -0.4 is 5.73 Å². The lowest BCUT2D eigenvalue weighted by Gasteiger charge is -2.00. The Labute approximate surface area is 72.9 Å². The molecule has 0 fully saturated rings. The maximum Gasteiger partial charge on any atom is 0.0178 e. The molecule has 2 N–H and O–H groups in total. The lowest BCUT2D eigenvalue weighted by molar-refractivity contribution is 1.06. The molecule has 1 aliphatic carbocycles. The SMILES string of the molecule is CC1=Cc2cc(CN)ccc2C1. The standard InChI is InChI=1S/C11H13N/c1-8-4-10-3-2-9(7-12)6-11(10)5-8/h2-3,5-6H,4,7,12H2,1H3. The molecule has 1 aliphatic rings. The van der Waals surface area contributed by atoms with Gasteiger partial charge in [-0.05, 0) is 30.0 Å². The van der Waals surface area contributed by atoms with Gasteiger partial charge >= 0.3 is 0 Å². The van der Waals surface area contributed by atoms with E-state index in [1.807, 2.05) is 0 Å². The summed E-state index contributed by atoms with van der Waals surface area (Å²) >= 11 is 0. The van der Waals surface area contributed by atoms with E-state index in [1.165, 1.54) is 22.3 Å². The molecule has 0 bridgehead atoms. The third kappa shape index (κ3) is 1.16. The summed E-state index contributed by atoms with van der Waals surface area (Å²) in [5, 5.41) is 0. The van der Waals surface area contributed by atoms with Crippen LogP contribution in [-0.4, -0.2) is 0 Å². The third-order valence-corrected chi connectivity index (χ3v) is 2.32. The Morgan fingerprint density at radius 1 is 1.42 bits per heavy atom. The van der Waals surface area contributed by atoms with Crippen LogP contribution in [0.25, 0.3) is 6.08 Å². The highest BCUT2D eigenvalue weighted by molar-refractivity contribution is 5.63. The minimum atomic E-state index is 0.639. The first kappa shape index (κ1) is 7.56. The molecular formula is C11H13N. The summed E-state index contributed by atoms with van der Waals surface area (Å²) in [5.74, 6) is 0. The summed E-state index contributed by atoms with van der Waals surface area (Å²) in [6.07, 6.45) is 3.36. The first-order valence-corrected chi connectivity index (χ1v) is 4.28. The predicted molar refractivity (Wildman–Crippen MR) is 51.7 cm³/mol. The number of hydrogen-bond acceptors (Lipinski definition) is 1. The van der Waals surface area contributed by atoms with Gasteiger partial charge in [-0.3, -0.25) is 0 Å². The zero-order valence-corrected chi connectivity index (χ0v) is 7.30. The van der Waals surface area contributed by atoms with E-state index < -0.39 is 0 Å². The molecule has 1 heteroatoms. The number of benzene rings is 1. The van der Waals surface area contributed by atoms with Crippen LogP contribution in [0.15, 0.2) is 23.8 Å². The molecule has 1 aromatic carbocycles. The van der Waals surface area contributed by atoms with E-state index >= 15 is 0 Å². The number of hydrogen-bond donors (Lipinski definition) is 1. The fourth-order valence-corrected chi connectivity index (χ4v) is 1.68. The van der Waals surface area contributed by atoms with Crippen molar-refractivity contribution in [2.75, 3.05) is 0 Å². The van der Waals surface area contributed by atoms with Gasteiger partial charge in [0.25, 0.3) is 0 Å². The minimum absolute atomic E-state index is 0.639. The summed E-state index contributed by atoms with van der Waals surface area (Å²) in [7, 11) is 0. The van der Waals surface area contributed by atoms with Gasteiger partial charge in [0.2, 0.25) is 0 Å². The van der Waals surface area contributed by atoms with Gasteiger partial charge in [0, 0.05) is 6.54 Å². The summed E-state index contributed by atoms with van der Waals surface area (Å²) in [5.41, 5.74) is 11.0. The molecule has 0 atom stereocenters. The molecule has 1 aromatic rings. The van der Waals surface area contributed by atoms with Gasteiger partial charge in [0.15, 0.2) is 0 Å². The van der Waals surface area contributed by atoms with Crippen molar-refractivity contribution in [1.82, 2.24) is 0 Å². The Balaban J connectivity index is 2.45. The van der Waals surface area contributed by atoms with Crippen molar-refractivity contribution < 1.29 is 0 Å². The molecule has 0 unspecified atom stereocenters. The molecule has 12 heavy (non-hydrogen) atoms. The van der Waals surface area contributed by atoms with Gasteiger partial charge in [-0.15, -0.1) is 0 Å². The highest BCUT2D eigenvalue weighted by Gasteiger charge is 2.08. The molecule has 0 radical (unpaired) electrons. The fraction of sp³-hybridized carbons (Fsp3) is 0.273. The Morgan fingerprint density at radius 3 is 3.00 bits per heavy atom. The Morgan fingerprint density at radius 2 is 2.25 bits per heavy atom. The van der Waals surface area contributed by atoms with E-state index in [9.17, 15) is 0 Å². The second-order valence-electron chi connectivity index (χ2n) is 3.40. The molecule has 0 saturated carbocycles. The first-order chi connectivity index (χ1) is 5.79. The van der Waals surface area contributed by atoms with Gasteiger partial charge in [-0.1, -0.05) is 29.8 Å². The molecule has 0 spiro atoms. The van der Waals surface area contributed by atoms with Crippen LogP contribution in [0.1, 0.15) is 23.6 Å². The Hall–Kier alpha value is -1.08. The number of fused-ring (bicyclic) bond motifs is 1. The quantitative estimate of drug-likeness (QED) is 0.667. The highest BCUT2D eigenvalue weighted by atomic mass is 14.5. The van der Waals surface area contributed by atoms with Crippen LogP contribution in [0.4, 0.5) is 0 Å². The maximum atomic E-state index is 5.56. The van der Waals surface area contributed by atoms with Crippen LogP contribution in [0, 0.1) is 0 Å². The first-order valence-electron chi connectivity index (χ1n) is 4.28. The molecule has 0 aromatic heterocycles. The van der Waals surface area contributed by atoms with Crippen LogP contribution >= 0.6 is 0 Å². The van der Waals surface area contributed by atoms with Crippen molar-refractivity contribution in [2.24, 2.45) is 5.73 Å². The molecular weight excluding hydrogens is 146 g/mol. The zero-order chi connectivity index (χ0) is 8.55. The highest BCUT2D eigenvalue weighted by Crippen LogP contribution is 2.25. The lowest BCUT2D eigenvalue weighted by atomic mass is 10.1. The molecule has 0 amide bonds. The van der Waals surface area contributed by atoms with Gasteiger partial charge in [-0.25, -0.2) is 0 Å². The lowest BCUT2D eigenvalue weighted by Crippen LogP contribution is -1.96. The Kier molecular flexibility index (Phi) is 1.74. The second kappa shape index (κ2) is 2.76. The average molecular weight is 159 g/mol. The molecule has 2 rings (SSSR count). The van der Waals surface area contributed by atoms with Crippen LogP contribution in [0.2, 0.25) is 0 Å². The number of nitrogens with two attached hydrogens (primary N) is 1. The van der Waals surface area contributed by atoms with Gasteiger partial charge in [0.05, 0.1) is 0 Å². The topological polar surface area (TPSA) is 26.0 Å². The monoisotopic (exact) mass is 159 g/mol. The van der Waals surface area contributed by atoms with E-state index in [4.69, 9.17) is 5.73 Å². The number of allylic oxidation sites excluding steroid dienone is 1. The van der Waals surface area contributed by atoms with Gasteiger partial charge in [-0.2, -0.15) is 0 Å². The van der Waals surface area contributed by atoms with Gasteiger partial charge < -0.3 is 5.73 Å². The largest absolute Gasteiger partial charge is 0.326 e. The predicted octanol–water partition coefficient (Wildman–Crippen LogP) is 2.10. The zero-order valence-electron chi connectivity index (χ0n) is 7.30. The summed E-state index contributed by atoms with van der Waals surface area (Å²) in [4.78, 5) is 0. The third-order valence-electron chi connectivity index (χ3n) is 2.32. The van der Waals surface area contributed by atoms with Crippen molar-refractivity contribution in [3.8, 4) is 0 Å². The van der Waals surface area contributed by atoms with Crippen molar-refractivity contribution >= 4 is 6.08 Å². The summed E-state index contributed by atoms with van der Waals surface area (Å²) in [6, 6.07) is 6.49. The number of rotatable bonds is 1. The van der Waals surface area contributed by atoms with Crippen LogP contribution in [0.5, 0.6) is 0 Å². The van der Waals surface area contributed by atoms with E-state index in [0.717, 1.165) is 6.42 Å².